The van der Waals surface area contributed by atoms with Gasteiger partial charge >= 0.3 is 19.4 Å². The number of nitrogens with one attached hydrogen (secondary N) is 1. The molecule has 13 nitrogen and oxygen atoms in total. The molecule has 1 saturated heterocycles. The first-order valence-electron chi connectivity index (χ1n) is 6.13. The molecule has 1 aliphatic rings. The molecule has 0 amide bonds. The minimum Gasteiger partial charge on any atom is -0.387 e. The van der Waals surface area contributed by atoms with Crippen molar-refractivity contribution in [3.8, 4) is 0 Å². The van der Waals surface area contributed by atoms with E-state index in [1.54, 1.807) is 4.98 Å². The Kier molecular flexibility index (Phi) is 5.34. The topological polar surface area (TPSA) is 190 Å². The van der Waals surface area contributed by atoms with E-state index in [0.717, 1.165) is 12.3 Å². The van der Waals surface area contributed by atoms with E-state index in [9.17, 15) is 28.9 Å². The zero-order chi connectivity index (χ0) is 18.1. The molecule has 15 heteroatoms. The number of aliphatic hydroxyl groups is 2. The fraction of sp³-hybridized carbons (Fsp3) is 0.556. The second-order valence-corrected chi connectivity index (χ2v) is 5.87. The Bertz CT molecular complexity index is 746. The van der Waals surface area contributed by atoms with Crippen LogP contribution in [0, 0.1) is 0 Å². The molecule has 4 atom stereocenters. The van der Waals surface area contributed by atoms with Gasteiger partial charge in [0.05, 0.1) is 6.61 Å². The summed E-state index contributed by atoms with van der Waals surface area (Å²) in [4.78, 5) is 46.0. The highest BCUT2D eigenvalue weighted by molar-refractivity contribution is 7.46. The molecule has 0 saturated carbocycles. The molecule has 0 aromatic carbocycles. The highest BCUT2D eigenvalue weighted by Crippen LogP contribution is 2.40. The van der Waals surface area contributed by atoms with E-state index in [2.05, 4.69) is 14.5 Å². The molecule has 0 spiro atoms. The van der Waals surface area contributed by atoms with Crippen LogP contribution in [0.5, 0.6) is 0 Å². The Morgan fingerprint density at radius 3 is 2.62 bits per heavy atom. The lowest BCUT2D eigenvalue weighted by atomic mass is 10.1. The molecular formula is C9H12FN2O11P. The lowest BCUT2D eigenvalue weighted by Crippen LogP contribution is -2.53. The first-order chi connectivity index (χ1) is 11.1. The van der Waals surface area contributed by atoms with E-state index in [-0.39, 0.29) is 0 Å². The molecule has 0 unspecified atom stereocenters. The van der Waals surface area contributed by atoms with Gasteiger partial charge in [0.25, 0.3) is 5.56 Å². The number of aromatic amines is 1. The van der Waals surface area contributed by atoms with Crippen LogP contribution in [0.1, 0.15) is 0 Å². The smallest absolute Gasteiger partial charge is 0.387 e. The van der Waals surface area contributed by atoms with E-state index >= 15 is 0 Å². The van der Waals surface area contributed by atoms with Crippen molar-refractivity contribution in [2.24, 2.45) is 0 Å². The van der Waals surface area contributed by atoms with Gasteiger partial charge in [-0.25, -0.2) is 13.9 Å². The SMILES string of the molecule is O=c1ccn([C@]2(OOF)O[C@H](COP(=O)(O)O)[C@@H](O)[C@H]2O)c(=O)[nH]1. The van der Waals surface area contributed by atoms with Crippen molar-refractivity contribution in [2.45, 2.75) is 24.2 Å². The highest BCUT2D eigenvalue weighted by atomic mass is 31.2. The van der Waals surface area contributed by atoms with Crippen LogP contribution in [0.2, 0.25) is 0 Å². The van der Waals surface area contributed by atoms with Crippen LogP contribution >= 0.6 is 7.82 Å². The molecule has 2 heterocycles. The van der Waals surface area contributed by atoms with Gasteiger partial charge in [-0.2, -0.15) is 0 Å². The summed E-state index contributed by atoms with van der Waals surface area (Å²) in [5, 5.41) is 22.8. The Morgan fingerprint density at radius 1 is 1.42 bits per heavy atom. The van der Waals surface area contributed by atoms with E-state index in [0.29, 0.717) is 4.57 Å². The minimum atomic E-state index is -4.94. The average molecular weight is 374 g/mol. The number of aliphatic hydroxyl groups excluding tert-OH is 2. The van der Waals surface area contributed by atoms with E-state index in [4.69, 9.17) is 14.5 Å². The number of H-pyrrole nitrogens is 1. The van der Waals surface area contributed by atoms with Crippen LogP contribution in [0.15, 0.2) is 21.9 Å². The number of ether oxygens (including phenoxy) is 1. The summed E-state index contributed by atoms with van der Waals surface area (Å²) in [7, 11) is -4.94. The maximum atomic E-state index is 12.3. The van der Waals surface area contributed by atoms with Crippen LogP contribution in [0.4, 0.5) is 4.53 Å². The molecule has 24 heavy (non-hydrogen) atoms. The monoisotopic (exact) mass is 374 g/mol. The number of aromatic nitrogens is 2. The van der Waals surface area contributed by atoms with Crippen LogP contribution in [0.25, 0.3) is 0 Å². The third kappa shape index (κ3) is 3.61. The maximum Gasteiger partial charge on any atom is 0.469 e. The van der Waals surface area contributed by atoms with Crippen LogP contribution in [0.3, 0.4) is 0 Å². The normalized spacial score (nSPS) is 30.6. The molecule has 136 valence electrons. The van der Waals surface area contributed by atoms with Gasteiger partial charge in [0.1, 0.15) is 12.2 Å². The predicted molar refractivity (Wildman–Crippen MR) is 67.5 cm³/mol. The van der Waals surface area contributed by atoms with Gasteiger partial charge in [-0.05, 0) is 9.62 Å². The Balaban J connectivity index is 2.40. The van der Waals surface area contributed by atoms with Crippen molar-refractivity contribution < 1.29 is 48.3 Å². The molecule has 1 aliphatic heterocycles. The Labute approximate surface area is 130 Å². The van der Waals surface area contributed by atoms with Crippen LogP contribution in [-0.4, -0.2) is 54.5 Å². The summed E-state index contributed by atoms with van der Waals surface area (Å²) in [5.74, 6) is -2.79. The number of hydrogen-bond donors (Lipinski definition) is 5. The van der Waals surface area contributed by atoms with Gasteiger partial charge in [-0.1, -0.05) is 0 Å². The van der Waals surface area contributed by atoms with E-state index < -0.39 is 49.9 Å². The third-order valence-corrected chi connectivity index (χ3v) is 3.60. The van der Waals surface area contributed by atoms with Gasteiger partial charge in [-0.3, -0.25) is 14.3 Å². The van der Waals surface area contributed by atoms with Crippen molar-refractivity contribution in [1.29, 1.82) is 0 Å². The predicted octanol–water partition coefficient (Wildman–Crippen LogP) is -2.79. The number of phosphoric acid groups is 1. The van der Waals surface area contributed by atoms with E-state index in [1.807, 2.05) is 0 Å². The van der Waals surface area contributed by atoms with Gasteiger partial charge in [0, 0.05) is 12.3 Å². The Hall–Kier alpha value is -1.48. The summed E-state index contributed by atoms with van der Waals surface area (Å²) >= 11 is 0. The zero-order valence-corrected chi connectivity index (χ0v) is 12.4. The molecule has 1 aromatic heterocycles. The van der Waals surface area contributed by atoms with Crippen molar-refractivity contribution in [3.63, 3.8) is 0 Å². The number of phosphoric ester groups is 1. The molecule has 1 fully saturated rings. The fourth-order valence-electron chi connectivity index (χ4n) is 2.09. The summed E-state index contributed by atoms with van der Waals surface area (Å²) in [6.07, 6.45) is -4.99. The highest BCUT2D eigenvalue weighted by Gasteiger charge is 2.59. The summed E-state index contributed by atoms with van der Waals surface area (Å²) < 4.78 is 32.4. The van der Waals surface area contributed by atoms with Crippen molar-refractivity contribution in [2.75, 3.05) is 6.61 Å². The summed E-state index contributed by atoms with van der Waals surface area (Å²) in [6, 6.07) is 0.798. The first kappa shape index (κ1) is 18.9. The van der Waals surface area contributed by atoms with Crippen molar-refractivity contribution in [3.05, 3.63) is 33.1 Å². The van der Waals surface area contributed by atoms with E-state index in [1.165, 1.54) is 0 Å². The lowest BCUT2D eigenvalue weighted by molar-refractivity contribution is -0.545. The second-order valence-electron chi connectivity index (χ2n) is 4.64. The van der Waals surface area contributed by atoms with Crippen molar-refractivity contribution in [1.82, 2.24) is 9.55 Å². The number of halogens is 1. The minimum absolute atomic E-state index is 0.360. The summed E-state index contributed by atoms with van der Waals surface area (Å²) in [5.41, 5.74) is -2.05. The number of hydrogen-bond acceptors (Lipinski definition) is 9. The lowest BCUT2D eigenvalue weighted by Gasteiger charge is -2.29. The van der Waals surface area contributed by atoms with Gasteiger partial charge in [-0.15, -0.1) is 4.89 Å². The zero-order valence-electron chi connectivity index (χ0n) is 11.5. The quantitative estimate of drug-likeness (QED) is 0.196. The maximum absolute atomic E-state index is 12.3. The molecular weight excluding hydrogens is 362 g/mol. The second kappa shape index (κ2) is 6.79. The third-order valence-electron chi connectivity index (χ3n) is 3.12. The molecule has 1 aromatic rings. The number of nitrogens with zero attached hydrogens (tertiary/aromatic N) is 1. The van der Waals surface area contributed by atoms with Crippen LogP contribution in [-0.2, 0) is 29.7 Å². The van der Waals surface area contributed by atoms with Gasteiger partial charge in [0.15, 0.2) is 6.10 Å². The van der Waals surface area contributed by atoms with Crippen LogP contribution < -0.4 is 11.2 Å². The fourth-order valence-corrected chi connectivity index (χ4v) is 2.44. The first-order valence-corrected chi connectivity index (χ1v) is 7.66. The number of rotatable bonds is 6. The van der Waals surface area contributed by atoms with Gasteiger partial charge < -0.3 is 24.7 Å². The van der Waals surface area contributed by atoms with Gasteiger partial charge in [0.2, 0.25) is 0 Å². The summed E-state index contributed by atoms with van der Waals surface area (Å²) in [6.45, 7) is -0.946. The molecule has 2 rings (SSSR count). The Morgan fingerprint density at radius 2 is 2.08 bits per heavy atom. The molecule has 5 N–H and O–H groups in total. The van der Waals surface area contributed by atoms with Crippen molar-refractivity contribution >= 4 is 7.82 Å². The standard InChI is InChI=1S/C9H12FN2O11P/c10-23-22-9(12-2-1-5(13)11-8(12)16)7(15)6(14)4(21-9)3-20-24(17,18)19/h1-2,4,6-7,14-15H,3H2,(H,11,13,16)(H2,17,18,19)/t4-,6-,7-,9+/m1/s1. The average Bonchev–Trinajstić information content (AvgIpc) is 2.70. The molecule has 0 radical (unpaired) electrons. The molecule has 0 bridgehead atoms. The largest absolute Gasteiger partial charge is 0.469 e. The molecule has 0 aliphatic carbocycles.